The van der Waals surface area contributed by atoms with Gasteiger partial charge in [-0.15, -0.1) is 0 Å². The van der Waals surface area contributed by atoms with Gasteiger partial charge >= 0.3 is 0 Å². The van der Waals surface area contributed by atoms with Crippen molar-refractivity contribution >= 4 is 43.9 Å². The largest absolute Gasteiger partial charge is 0.305 e. The summed E-state index contributed by atoms with van der Waals surface area (Å²) >= 11 is 1.25. The lowest BCUT2D eigenvalue weighted by Crippen LogP contribution is -2.25. The van der Waals surface area contributed by atoms with Gasteiger partial charge in [-0.3, -0.25) is 19.7 Å². The smallest absolute Gasteiger partial charge is 0.261 e. The van der Waals surface area contributed by atoms with Gasteiger partial charge < -0.3 is 5.32 Å². The van der Waals surface area contributed by atoms with Gasteiger partial charge in [-0.2, -0.15) is 13.7 Å². The van der Waals surface area contributed by atoms with E-state index in [-0.39, 0.29) is 16.3 Å². The molecule has 1 aliphatic rings. The highest BCUT2D eigenvalue weighted by Crippen LogP contribution is 2.27. The van der Waals surface area contributed by atoms with Crippen molar-refractivity contribution in [3.63, 3.8) is 0 Å². The van der Waals surface area contributed by atoms with E-state index >= 15 is 0 Å². The molecule has 29 heavy (non-hydrogen) atoms. The normalized spacial score (nSPS) is 16.3. The maximum atomic E-state index is 11.8. The number of hydrogen-bond acceptors (Lipinski definition) is 7. The number of pyridine rings is 1. The Kier molecular flexibility index (Phi) is 7.35. The van der Waals surface area contributed by atoms with Crippen LogP contribution >= 0.6 is 11.8 Å². The minimum atomic E-state index is -3.67. The molecule has 0 spiro atoms. The van der Waals surface area contributed by atoms with Crippen molar-refractivity contribution in [2.45, 2.75) is 31.9 Å². The molecule has 1 aliphatic heterocycles. The van der Waals surface area contributed by atoms with Crippen molar-refractivity contribution in [1.29, 1.82) is 10.7 Å². The highest BCUT2D eigenvalue weighted by molar-refractivity contribution is 8.15. The number of rotatable bonds is 4. The zero-order valence-electron chi connectivity index (χ0n) is 16.3. The first-order valence-corrected chi connectivity index (χ1v) is 11.5. The quantitative estimate of drug-likeness (QED) is 0.627. The van der Waals surface area contributed by atoms with E-state index in [9.17, 15) is 18.5 Å². The summed E-state index contributed by atoms with van der Waals surface area (Å²) < 4.78 is 25.9. The number of aromatic nitrogens is 1. The molecule has 1 amide bonds. The molecule has 3 N–H and O–H groups in total. The maximum Gasteiger partial charge on any atom is 0.261 e. The molecule has 1 atom stereocenters. The third-order valence-corrected chi connectivity index (χ3v) is 4.99. The zero-order valence-corrected chi connectivity index (χ0v) is 17.9. The van der Waals surface area contributed by atoms with Crippen LogP contribution in [0.1, 0.15) is 30.5 Å². The van der Waals surface area contributed by atoms with Gasteiger partial charge in [0, 0.05) is 11.6 Å². The second-order valence-corrected chi connectivity index (χ2v) is 9.75. The second-order valence-electron chi connectivity index (χ2n) is 7.07. The first-order valence-electron chi connectivity index (χ1n) is 8.77. The van der Waals surface area contributed by atoms with Gasteiger partial charge in [0.25, 0.3) is 10.1 Å². The van der Waals surface area contributed by atoms with Crippen LogP contribution < -0.4 is 5.32 Å². The SMILES string of the molecule is CC(C)Cc1c(C#N)cnc2ccc(CC3SC(=N)NC3=O)cc12.CS(=O)(=O)O. The molecule has 0 saturated carbocycles. The van der Waals surface area contributed by atoms with E-state index in [4.69, 9.17) is 9.96 Å². The third kappa shape index (κ3) is 6.81. The van der Waals surface area contributed by atoms with Crippen molar-refractivity contribution in [1.82, 2.24) is 10.3 Å². The predicted molar refractivity (Wildman–Crippen MR) is 113 cm³/mol. The van der Waals surface area contributed by atoms with E-state index < -0.39 is 10.1 Å². The van der Waals surface area contributed by atoms with Gasteiger partial charge in [-0.25, -0.2) is 0 Å². The fraction of sp³-hybridized carbons (Fsp3) is 0.368. The first-order chi connectivity index (χ1) is 13.5. The lowest BCUT2D eigenvalue weighted by atomic mass is 9.94. The number of nitrogens with zero attached hydrogens (tertiary/aromatic N) is 2. The predicted octanol–water partition coefficient (Wildman–Crippen LogP) is 2.52. The second kappa shape index (κ2) is 9.35. The maximum absolute atomic E-state index is 11.8. The van der Waals surface area contributed by atoms with Crippen LogP contribution in [-0.4, -0.2) is 40.5 Å². The van der Waals surface area contributed by atoms with Gasteiger partial charge in [0.05, 0.1) is 22.6 Å². The molecule has 10 heteroatoms. The van der Waals surface area contributed by atoms with Crippen LogP contribution in [-0.2, 0) is 27.8 Å². The molecule has 2 aromatic rings. The van der Waals surface area contributed by atoms with Crippen molar-refractivity contribution in [2.75, 3.05) is 6.26 Å². The Morgan fingerprint density at radius 3 is 2.59 bits per heavy atom. The van der Waals surface area contributed by atoms with Crippen molar-refractivity contribution in [3.8, 4) is 6.07 Å². The molecular formula is C19H22N4O4S2. The number of hydrogen-bond donors (Lipinski definition) is 3. The molecule has 154 valence electrons. The minimum absolute atomic E-state index is 0.114. The Bertz CT molecular complexity index is 1080. The number of amides is 1. The topological polar surface area (TPSA) is 144 Å². The monoisotopic (exact) mass is 434 g/mol. The summed E-state index contributed by atoms with van der Waals surface area (Å²) in [5.41, 5.74) is 3.52. The molecule has 1 fully saturated rings. The lowest BCUT2D eigenvalue weighted by molar-refractivity contribution is -0.118. The van der Waals surface area contributed by atoms with Crippen LogP contribution in [0, 0.1) is 22.7 Å². The summed E-state index contributed by atoms with van der Waals surface area (Å²) in [4.78, 5) is 16.2. The molecule has 0 radical (unpaired) electrons. The number of nitriles is 1. The molecule has 1 aromatic carbocycles. The van der Waals surface area contributed by atoms with Gasteiger partial charge in [-0.1, -0.05) is 31.7 Å². The fourth-order valence-corrected chi connectivity index (χ4v) is 3.80. The average molecular weight is 435 g/mol. The van der Waals surface area contributed by atoms with E-state index in [0.717, 1.165) is 28.5 Å². The number of carbonyl (C=O) groups excluding carboxylic acids is 1. The number of thioether (sulfide) groups is 1. The van der Waals surface area contributed by atoms with Crippen LogP contribution in [0.5, 0.6) is 0 Å². The van der Waals surface area contributed by atoms with Gasteiger partial charge in [0.15, 0.2) is 5.17 Å². The molecule has 0 aliphatic carbocycles. The number of nitrogens with one attached hydrogen (secondary N) is 2. The molecule has 1 saturated heterocycles. The van der Waals surface area contributed by atoms with Crippen LogP contribution in [0.4, 0.5) is 0 Å². The highest BCUT2D eigenvalue weighted by Gasteiger charge is 2.29. The number of fused-ring (bicyclic) bond motifs is 1. The average Bonchev–Trinajstić information content (AvgIpc) is 2.90. The summed E-state index contributed by atoms with van der Waals surface area (Å²) in [7, 11) is -3.67. The molecule has 1 unspecified atom stereocenters. The van der Waals surface area contributed by atoms with Gasteiger partial charge in [-0.05, 0) is 42.0 Å². The highest BCUT2D eigenvalue weighted by atomic mass is 32.2. The fourth-order valence-electron chi connectivity index (χ4n) is 2.91. The van der Waals surface area contributed by atoms with Gasteiger partial charge in [0.2, 0.25) is 5.91 Å². The molecular weight excluding hydrogens is 412 g/mol. The standard InChI is InChI=1S/C18H18N4OS.CH4O3S/c1-10(2)5-13-12(8-19)9-21-15-4-3-11(6-14(13)15)7-16-17(23)22-18(20)24-16;1-5(2,3)4/h3-4,6,9-10,16H,5,7H2,1-2H3,(H2,20,22,23);1H3,(H,2,3,4). The Balaban J connectivity index is 0.000000537. The lowest BCUT2D eigenvalue weighted by Gasteiger charge is -2.13. The van der Waals surface area contributed by atoms with Crippen molar-refractivity contribution in [3.05, 3.63) is 41.1 Å². The number of amidine groups is 1. The summed E-state index contributed by atoms with van der Waals surface area (Å²) in [5, 5.41) is 20.4. The number of benzene rings is 1. The summed E-state index contributed by atoms with van der Waals surface area (Å²) in [5.74, 6) is 0.319. The van der Waals surface area contributed by atoms with E-state index in [1.807, 2.05) is 18.2 Å². The van der Waals surface area contributed by atoms with Crippen molar-refractivity contribution < 1.29 is 17.8 Å². The van der Waals surface area contributed by atoms with Gasteiger partial charge in [0.1, 0.15) is 6.07 Å². The van der Waals surface area contributed by atoms with E-state index in [1.54, 1.807) is 6.20 Å². The first kappa shape index (κ1) is 22.8. The summed E-state index contributed by atoms with van der Waals surface area (Å²) in [6.45, 7) is 4.25. The zero-order chi connectivity index (χ0) is 21.8. The molecule has 8 nitrogen and oxygen atoms in total. The number of carbonyl (C=O) groups is 1. The molecule has 3 rings (SSSR count). The van der Waals surface area contributed by atoms with Crippen LogP contribution in [0.2, 0.25) is 0 Å². The van der Waals surface area contributed by atoms with E-state index in [0.29, 0.717) is 24.2 Å². The Hall–Kier alpha value is -2.48. The van der Waals surface area contributed by atoms with Crippen LogP contribution in [0.15, 0.2) is 24.4 Å². The van der Waals surface area contributed by atoms with Crippen molar-refractivity contribution in [2.24, 2.45) is 5.92 Å². The van der Waals surface area contributed by atoms with E-state index in [2.05, 4.69) is 30.2 Å². The third-order valence-electron chi connectivity index (χ3n) is 3.99. The molecule has 0 bridgehead atoms. The Morgan fingerprint density at radius 1 is 1.41 bits per heavy atom. The minimum Gasteiger partial charge on any atom is -0.305 e. The summed E-state index contributed by atoms with van der Waals surface area (Å²) in [6.07, 6.45) is 3.73. The van der Waals surface area contributed by atoms with Crippen LogP contribution in [0.25, 0.3) is 10.9 Å². The Morgan fingerprint density at radius 2 is 2.07 bits per heavy atom. The molecule has 2 heterocycles. The van der Waals surface area contributed by atoms with E-state index in [1.165, 1.54) is 11.8 Å². The van der Waals surface area contributed by atoms with Crippen LogP contribution in [0.3, 0.4) is 0 Å². The Labute approximate surface area is 174 Å². The summed E-state index contributed by atoms with van der Waals surface area (Å²) in [6, 6.07) is 8.19. The molecule has 1 aromatic heterocycles.